The van der Waals surface area contributed by atoms with E-state index in [4.69, 9.17) is 32.4 Å². The number of aromatic nitrogens is 2. The lowest BCUT2D eigenvalue weighted by Crippen LogP contribution is -2.27. The van der Waals surface area contributed by atoms with Gasteiger partial charge in [-0.25, -0.2) is 0 Å². The Labute approximate surface area is 167 Å². The molecule has 0 bridgehead atoms. The van der Waals surface area contributed by atoms with Crippen LogP contribution < -0.4 is 4.74 Å². The monoisotopic (exact) mass is 407 g/mol. The number of aryl methyl sites for hydroxylation is 2. The molecule has 0 radical (unpaired) electrons. The predicted molar refractivity (Wildman–Crippen MR) is 103 cm³/mol. The van der Waals surface area contributed by atoms with Crippen molar-refractivity contribution in [2.75, 3.05) is 7.05 Å². The Kier molecular flexibility index (Phi) is 5.77. The van der Waals surface area contributed by atoms with Gasteiger partial charge in [-0.05, 0) is 30.7 Å². The third kappa shape index (κ3) is 4.28. The van der Waals surface area contributed by atoms with Gasteiger partial charge < -0.3 is 14.1 Å². The molecule has 1 aromatic carbocycles. The SMILES string of the molecule is Cc1cccc(Cl)c1OCc1ccc(C(=O)N(C)Cc2c(Cl)cnn2C)o1. The van der Waals surface area contributed by atoms with Crippen molar-refractivity contribution in [3.8, 4) is 5.75 Å². The Morgan fingerprint density at radius 3 is 2.70 bits per heavy atom. The van der Waals surface area contributed by atoms with Crippen LogP contribution in [0.1, 0.15) is 27.6 Å². The first kappa shape index (κ1) is 19.3. The van der Waals surface area contributed by atoms with Gasteiger partial charge in [-0.3, -0.25) is 9.48 Å². The number of carbonyl (C=O) groups is 1. The van der Waals surface area contributed by atoms with E-state index < -0.39 is 0 Å². The maximum atomic E-state index is 12.6. The van der Waals surface area contributed by atoms with Gasteiger partial charge >= 0.3 is 0 Å². The van der Waals surface area contributed by atoms with Crippen LogP contribution in [0.5, 0.6) is 5.75 Å². The molecule has 0 aliphatic carbocycles. The van der Waals surface area contributed by atoms with Crippen molar-refractivity contribution in [2.45, 2.75) is 20.1 Å². The van der Waals surface area contributed by atoms with E-state index in [1.807, 2.05) is 19.1 Å². The molecule has 2 heterocycles. The Bertz CT molecular complexity index is 925. The van der Waals surface area contributed by atoms with Gasteiger partial charge in [0.1, 0.15) is 18.1 Å². The van der Waals surface area contributed by atoms with E-state index in [9.17, 15) is 4.79 Å². The summed E-state index contributed by atoms with van der Waals surface area (Å²) in [4.78, 5) is 14.1. The summed E-state index contributed by atoms with van der Waals surface area (Å²) in [6.07, 6.45) is 1.55. The number of para-hydroxylation sites is 1. The highest BCUT2D eigenvalue weighted by Gasteiger charge is 2.19. The average Bonchev–Trinajstić information content (AvgIpc) is 3.22. The third-order valence-corrected chi connectivity index (χ3v) is 4.75. The molecule has 8 heteroatoms. The Hall–Kier alpha value is -2.44. The molecular weight excluding hydrogens is 389 g/mol. The van der Waals surface area contributed by atoms with Gasteiger partial charge in [0.05, 0.1) is 28.5 Å². The zero-order valence-electron chi connectivity index (χ0n) is 15.2. The van der Waals surface area contributed by atoms with Gasteiger partial charge in [0.2, 0.25) is 0 Å². The number of hydrogen-bond donors (Lipinski definition) is 0. The summed E-state index contributed by atoms with van der Waals surface area (Å²) in [5, 5.41) is 5.12. The molecule has 2 aromatic heterocycles. The minimum Gasteiger partial charge on any atom is -0.484 e. The summed E-state index contributed by atoms with van der Waals surface area (Å²) in [5.41, 5.74) is 1.68. The van der Waals surface area contributed by atoms with Crippen molar-refractivity contribution in [3.05, 3.63) is 69.4 Å². The fourth-order valence-corrected chi connectivity index (χ4v) is 3.11. The number of rotatable bonds is 6. The standard InChI is InChI=1S/C19H19Cl2N3O3/c1-12-5-4-6-14(20)18(12)26-11-13-7-8-17(27-13)19(25)23(2)10-16-15(21)9-22-24(16)3/h4-9H,10-11H2,1-3H3. The van der Waals surface area contributed by atoms with Crippen LogP contribution in [0.15, 0.2) is 40.9 Å². The number of hydrogen-bond acceptors (Lipinski definition) is 4. The quantitative estimate of drug-likeness (QED) is 0.604. The highest BCUT2D eigenvalue weighted by Crippen LogP contribution is 2.29. The van der Waals surface area contributed by atoms with Crippen molar-refractivity contribution in [3.63, 3.8) is 0 Å². The van der Waals surface area contributed by atoms with E-state index >= 15 is 0 Å². The van der Waals surface area contributed by atoms with Crippen molar-refractivity contribution in [1.29, 1.82) is 0 Å². The molecule has 6 nitrogen and oxygen atoms in total. The van der Waals surface area contributed by atoms with Crippen molar-refractivity contribution >= 4 is 29.1 Å². The van der Waals surface area contributed by atoms with Crippen LogP contribution in [0, 0.1) is 6.92 Å². The molecule has 142 valence electrons. The van der Waals surface area contributed by atoms with E-state index in [0.717, 1.165) is 11.3 Å². The summed E-state index contributed by atoms with van der Waals surface area (Å²) in [5.74, 6) is 1.11. The van der Waals surface area contributed by atoms with Crippen LogP contribution in [0.25, 0.3) is 0 Å². The van der Waals surface area contributed by atoms with E-state index in [1.165, 1.54) is 4.90 Å². The lowest BCUT2D eigenvalue weighted by atomic mass is 10.2. The van der Waals surface area contributed by atoms with E-state index in [2.05, 4.69) is 5.10 Å². The molecule has 0 fully saturated rings. The van der Waals surface area contributed by atoms with E-state index in [1.54, 1.807) is 43.2 Å². The van der Waals surface area contributed by atoms with E-state index in [-0.39, 0.29) is 18.3 Å². The fraction of sp³-hybridized carbons (Fsp3) is 0.263. The van der Waals surface area contributed by atoms with Gasteiger partial charge in [0, 0.05) is 14.1 Å². The maximum absolute atomic E-state index is 12.6. The number of amides is 1. The lowest BCUT2D eigenvalue weighted by molar-refractivity contribution is 0.0746. The van der Waals surface area contributed by atoms with Gasteiger partial charge in [-0.1, -0.05) is 35.3 Å². The molecule has 0 saturated carbocycles. The molecule has 0 saturated heterocycles. The van der Waals surface area contributed by atoms with Crippen LogP contribution in [0.3, 0.4) is 0 Å². The lowest BCUT2D eigenvalue weighted by Gasteiger charge is -2.16. The number of ether oxygens (including phenoxy) is 1. The van der Waals surface area contributed by atoms with Crippen LogP contribution in [-0.4, -0.2) is 27.6 Å². The Balaban J connectivity index is 1.65. The van der Waals surface area contributed by atoms with Crippen LogP contribution >= 0.6 is 23.2 Å². The number of furan rings is 1. The topological polar surface area (TPSA) is 60.5 Å². The van der Waals surface area contributed by atoms with Gasteiger partial charge in [0.25, 0.3) is 5.91 Å². The highest BCUT2D eigenvalue weighted by molar-refractivity contribution is 6.32. The molecule has 27 heavy (non-hydrogen) atoms. The zero-order valence-corrected chi connectivity index (χ0v) is 16.7. The minimum atomic E-state index is -0.257. The fourth-order valence-electron chi connectivity index (χ4n) is 2.61. The second-order valence-corrected chi connectivity index (χ2v) is 6.98. The molecule has 3 rings (SSSR count). The first-order valence-electron chi connectivity index (χ1n) is 8.25. The summed E-state index contributed by atoms with van der Waals surface area (Å²) in [7, 11) is 3.45. The van der Waals surface area contributed by atoms with Crippen LogP contribution in [0.2, 0.25) is 10.0 Å². The van der Waals surface area contributed by atoms with Crippen molar-refractivity contribution in [1.82, 2.24) is 14.7 Å². The van der Waals surface area contributed by atoms with Crippen molar-refractivity contribution < 1.29 is 13.9 Å². The van der Waals surface area contributed by atoms with Gasteiger partial charge in [-0.2, -0.15) is 5.10 Å². The van der Waals surface area contributed by atoms with Crippen LogP contribution in [-0.2, 0) is 20.2 Å². The number of carbonyl (C=O) groups excluding carboxylic acids is 1. The molecule has 3 aromatic rings. The summed E-state index contributed by atoms with van der Waals surface area (Å²) in [6, 6.07) is 8.88. The molecule has 1 amide bonds. The Morgan fingerprint density at radius 2 is 2.04 bits per heavy atom. The number of nitrogens with zero attached hydrogens (tertiary/aromatic N) is 3. The summed E-state index contributed by atoms with van der Waals surface area (Å²) < 4.78 is 13.0. The average molecular weight is 408 g/mol. The maximum Gasteiger partial charge on any atom is 0.289 e. The first-order chi connectivity index (χ1) is 12.9. The van der Waals surface area contributed by atoms with Gasteiger partial charge in [-0.15, -0.1) is 0 Å². The Morgan fingerprint density at radius 1 is 1.26 bits per heavy atom. The predicted octanol–water partition coefficient (Wildman–Crippen LogP) is 4.48. The number of halogens is 2. The third-order valence-electron chi connectivity index (χ3n) is 4.14. The molecule has 0 spiro atoms. The second kappa shape index (κ2) is 8.06. The highest BCUT2D eigenvalue weighted by atomic mass is 35.5. The normalized spacial score (nSPS) is 10.9. The zero-order chi connectivity index (χ0) is 19.6. The summed E-state index contributed by atoms with van der Waals surface area (Å²) >= 11 is 12.2. The second-order valence-electron chi connectivity index (χ2n) is 6.16. The molecular formula is C19H19Cl2N3O3. The molecule has 0 aliphatic rings. The smallest absolute Gasteiger partial charge is 0.289 e. The van der Waals surface area contributed by atoms with Crippen LogP contribution in [0.4, 0.5) is 0 Å². The van der Waals surface area contributed by atoms with Gasteiger partial charge in [0.15, 0.2) is 5.76 Å². The van der Waals surface area contributed by atoms with E-state index in [0.29, 0.717) is 28.1 Å². The molecule has 0 atom stereocenters. The minimum absolute atomic E-state index is 0.176. The van der Waals surface area contributed by atoms with Crippen molar-refractivity contribution in [2.24, 2.45) is 7.05 Å². The number of benzene rings is 1. The largest absolute Gasteiger partial charge is 0.484 e. The first-order valence-corrected chi connectivity index (χ1v) is 9.01. The molecule has 0 aliphatic heterocycles. The summed E-state index contributed by atoms with van der Waals surface area (Å²) in [6.45, 7) is 2.41. The molecule has 0 unspecified atom stereocenters. The molecule has 0 N–H and O–H groups in total.